The molecule has 0 fully saturated rings. The van der Waals surface area contributed by atoms with Crippen LogP contribution in [-0.2, 0) is 9.59 Å². The zero-order valence-corrected chi connectivity index (χ0v) is 17.0. The second-order valence-corrected chi connectivity index (χ2v) is 7.74. The van der Waals surface area contributed by atoms with Crippen molar-refractivity contribution in [3.8, 4) is 0 Å². The molecular formula is C22H42O4. The third-order valence-corrected chi connectivity index (χ3v) is 5.33. The van der Waals surface area contributed by atoms with Gasteiger partial charge in [-0.3, -0.25) is 9.59 Å². The lowest BCUT2D eigenvalue weighted by molar-refractivity contribution is -0.138. The van der Waals surface area contributed by atoms with Gasteiger partial charge in [0.15, 0.2) is 0 Å². The summed E-state index contributed by atoms with van der Waals surface area (Å²) < 4.78 is 0. The molecule has 26 heavy (non-hydrogen) atoms. The number of aliphatic carboxylic acids is 2. The zero-order chi connectivity index (χ0) is 19.5. The highest BCUT2D eigenvalue weighted by atomic mass is 16.4. The number of unbranched alkanes of at least 4 members (excludes halogenated alkanes) is 11. The van der Waals surface area contributed by atoms with Gasteiger partial charge in [0.05, 0.1) is 0 Å². The number of carboxylic acids is 2. The van der Waals surface area contributed by atoms with Crippen LogP contribution in [-0.4, -0.2) is 22.2 Å². The summed E-state index contributed by atoms with van der Waals surface area (Å²) >= 11 is 0. The van der Waals surface area contributed by atoms with E-state index in [2.05, 4.69) is 6.92 Å². The highest BCUT2D eigenvalue weighted by molar-refractivity contribution is 5.66. The standard InChI is InChI=1S/C22H42O4/c1-2-20(17-13-9-7-11-15-19-22(25)26)16-12-8-5-3-4-6-10-14-18-21(23)24/h20H,2-19H2,1H3,(H,23,24)(H,25,26). The van der Waals surface area contributed by atoms with Gasteiger partial charge in [-0.2, -0.15) is 0 Å². The van der Waals surface area contributed by atoms with E-state index >= 15 is 0 Å². The Labute approximate surface area is 160 Å². The minimum atomic E-state index is -0.673. The number of rotatable bonds is 20. The van der Waals surface area contributed by atoms with Crippen LogP contribution in [0.25, 0.3) is 0 Å². The minimum absolute atomic E-state index is 0.319. The fourth-order valence-corrected chi connectivity index (χ4v) is 3.56. The van der Waals surface area contributed by atoms with Gasteiger partial charge in [-0.25, -0.2) is 0 Å². The van der Waals surface area contributed by atoms with Crippen LogP contribution in [0.4, 0.5) is 0 Å². The lowest BCUT2D eigenvalue weighted by Crippen LogP contribution is -1.99. The summed E-state index contributed by atoms with van der Waals surface area (Å²) in [4.78, 5) is 20.9. The van der Waals surface area contributed by atoms with Gasteiger partial charge in [0.2, 0.25) is 0 Å². The maximum absolute atomic E-state index is 10.4. The monoisotopic (exact) mass is 370 g/mol. The van der Waals surface area contributed by atoms with Crippen molar-refractivity contribution in [3.05, 3.63) is 0 Å². The van der Waals surface area contributed by atoms with Gasteiger partial charge in [-0.15, -0.1) is 0 Å². The van der Waals surface area contributed by atoms with E-state index in [1.807, 2.05) is 0 Å². The molecule has 4 heteroatoms. The van der Waals surface area contributed by atoms with Crippen LogP contribution in [0.1, 0.15) is 122 Å². The largest absolute Gasteiger partial charge is 0.481 e. The third kappa shape index (κ3) is 19.3. The van der Waals surface area contributed by atoms with Crippen LogP contribution >= 0.6 is 0 Å². The summed E-state index contributed by atoms with van der Waals surface area (Å²) in [6, 6.07) is 0. The van der Waals surface area contributed by atoms with Crippen LogP contribution in [0.5, 0.6) is 0 Å². The van der Waals surface area contributed by atoms with Crippen molar-refractivity contribution in [1.29, 1.82) is 0 Å². The van der Waals surface area contributed by atoms with Crippen molar-refractivity contribution in [2.45, 2.75) is 122 Å². The first-order valence-electron chi connectivity index (χ1n) is 11.0. The third-order valence-electron chi connectivity index (χ3n) is 5.33. The quantitative estimate of drug-likeness (QED) is 0.231. The van der Waals surface area contributed by atoms with Gasteiger partial charge in [-0.1, -0.05) is 96.8 Å². The van der Waals surface area contributed by atoms with Crippen LogP contribution in [0.3, 0.4) is 0 Å². The molecule has 0 aromatic rings. The molecule has 0 aliphatic carbocycles. The molecule has 0 saturated heterocycles. The normalized spacial score (nSPS) is 12.2. The fraction of sp³-hybridized carbons (Fsp3) is 0.909. The Balaban J connectivity index is 3.34. The van der Waals surface area contributed by atoms with Crippen molar-refractivity contribution >= 4 is 11.9 Å². The Hall–Kier alpha value is -1.06. The molecule has 0 aromatic heterocycles. The van der Waals surface area contributed by atoms with E-state index in [0.29, 0.717) is 12.8 Å². The molecule has 154 valence electrons. The second-order valence-electron chi connectivity index (χ2n) is 7.74. The number of hydrogen-bond acceptors (Lipinski definition) is 2. The summed E-state index contributed by atoms with van der Waals surface area (Å²) in [6.45, 7) is 2.30. The average molecular weight is 371 g/mol. The number of carboxylic acid groups (broad SMARTS) is 2. The molecule has 0 aliphatic heterocycles. The van der Waals surface area contributed by atoms with E-state index < -0.39 is 11.9 Å². The lowest BCUT2D eigenvalue weighted by Gasteiger charge is -2.14. The van der Waals surface area contributed by atoms with Gasteiger partial charge in [0, 0.05) is 12.8 Å². The molecule has 1 atom stereocenters. The van der Waals surface area contributed by atoms with Crippen LogP contribution in [0.2, 0.25) is 0 Å². The zero-order valence-electron chi connectivity index (χ0n) is 17.0. The van der Waals surface area contributed by atoms with Gasteiger partial charge in [-0.05, 0) is 18.8 Å². The molecule has 2 N–H and O–H groups in total. The van der Waals surface area contributed by atoms with Gasteiger partial charge in [0.1, 0.15) is 0 Å². The van der Waals surface area contributed by atoms with Crippen LogP contribution in [0.15, 0.2) is 0 Å². The van der Waals surface area contributed by atoms with E-state index in [9.17, 15) is 9.59 Å². The van der Waals surface area contributed by atoms with E-state index in [1.165, 1.54) is 77.0 Å². The fourth-order valence-electron chi connectivity index (χ4n) is 3.56. The average Bonchev–Trinajstić information content (AvgIpc) is 2.60. The Bertz CT molecular complexity index is 341. The van der Waals surface area contributed by atoms with Crippen molar-refractivity contribution in [2.24, 2.45) is 5.92 Å². The first-order chi connectivity index (χ1) is 12.6. The van der Waals surface area contributed by atoms with Gasteiger partial charge < -0.3 is 10.2 Å². The summed E-state index contributed by atoms with van der Waals surface area (Å²) in [7, 11) is 0. The maximum atomic E-state index is 10.4. The first-order valence-corrected chi connectivity index (χ1v) is 11.0. The molecule has 0 heterocycles. The molecule has 4 nitrogen and oxygen atoms in total. The molecule has 0 aliphatic rings. The summed E-state index contributed by atoms with van der Waals surface area (Å²) in [6.07, 6.45) is 19.8. The molecule has 0 bridgehead atoms. The SMILES string of the molecule is CCC(CCCCCCCCCCC(=O)O)CCCCCCCC(=O)O. The number of carbonyl (C=O) groups is 2. The predicted molar refractivity (Wildman–Crippen MR) is 108 cm³/mol. The van der Waals surface area contributed by atoms with E-state index in [4.69, 9.17) is 10.2 Å². The van der Waals surface area contributed by atoms with E-state index in [0.717, 1.165) is 31.6 Å². The van der Waals surface area contributed by atoms with Crippen molar-refractivity contribution in [2.75, 3.05) is 0 Å². The van der Waals surface area contributed by atoms with Crippen LogP contribution in [0, 0.1) is 5.92 Å². The first kappa shape index (κ1) is 24.9. The molecule has 0 aromatic carbocycles. The van der Waals surface area contributed by atoms with Crippen molar-refractivity contribution in [3.63, 3.8) is 0 Å². The molecule has 0 amide bonds. The lowest BCUT2D eigenvalue weighted by atomic mass is 9.92. The van der Waals surface area contributed by atoms with Crippen molar-refractivity contribution < 1.29 is 19.8 Å². The number of hydrogen-bond donors (Lipinski definition) is 2. The van der Waals surface area contributed by atoms with Crippen molar-refractivity contribution in [1.82, 2.24) is 0 Å². The summed E-state index contributed by atoms with van der Waals surface area (Å²) in [5.41, 5.74) is 0. The van der Waals surface area contributed by atoms with E-state index in [-0.39, 0.29) is 0 Å². The van der Waals surface area contributed by atoms with Gasteiger partial charge in [0.25, 0.3) is 0 Å². The van der Waals surface area contributed by atoms with E-state index in [1.54, 1.807) is 0 Å². The molecule has 0 spiro atoms. The Kier molecular flexibility index (Phi) is 18.0. The minimum Gasteiger partial charge on any atom is -0.481 e. The second kappa shape index (κ2) is 18.7. The molecular weight excluding hydrogens is 328 g/mol. The summed E-state index contributed by atoms with van der Waals surface area (Å²) in [5, 5.41) is 17.2. The highest BCUT2D eigenvalue weighted by Gasteiger charge is 2.06. The smallest absolute Gasteiger partial charge is 0.303 e. The molecule has 0 radical (unpaired) electrons. The molecule has 1 unspecified atom stereocenters. The maximum Gasteiger partial charge on any atom is 0.303 e. The molecule has 0 rings (SSSR count). The van der Waals surface area contributed by atoms with Gasteiger partial charge >= 0.3 is 11.9 Å². The predicted octanol–water partition coefficient (Wildman–Crippen LogP) is 6.81. The summed E-state index contributed by atoms with van der Waals surface area (Å²) in [5.74, 6) is -0.479. The topological polar surface area (TPSA) is 74.6 Å². The highest BCUT2D eigenvalue weighted by Crippen LogP contribution is 2.21. The Morgan fingerprint density at radius 1 is 0.577 bits per heavy atom. The molecule has 0 saturated carbocycles. The van der Waals surface area contributed by atoms with Crippen LogP contribution < -0.4 is 0 Å². The Morgan fingerprint density at radius 2 is 0.885 bits per heavy atom. The Morgan fingerprint density at radius 3 is 1.19 bits per heavy atom.